The molecule has 0 atom stereocenters. The molecule has 2 rings (SSSR count). The number of nitrogens with two attached hydrogens (primary N) is 2. The van der Waals surface area contributed by atoms with Crippen LogP contribution in [0.25, 0.3) is 5.70 Å². The summed E-state index contributed by atoms with van der Waals surface area (Å²) in [5, 5.41) is 6.46. The van der Waals surface area contributed by atoms with Gasteiger partial charge >= 0.3 is 0 Å². The third kappa shape index (κ3) is 6.24. The average molecular weight is 424 g/mol. The van der Waals surface area contributed by atoms with Crippen LogP contribution in [0.2, 0.25) is 5.02 Å². The summed E-state index contributed by atoms with van der Waals surface area (Å²) in [6.45, 7) is 0.387. The SMILES string of the molecule is CNc1cc(NC(/C=C(\N)c2cc(Cl)ccc2F)=C(/N)OCCCS)ccn1. The van der Waals surface area contributed by atoms with E-state index in [9.17, 15) is 4.39 Å². The average Bonchev–Trinajstić information content (AvgIpc) is 2.69. The van der Waals surface area contributed by atoms with E-state index < -0.39 is 5.82 Å². The van der Waals surface area contributed by atoms with Crippen LogP contribution in [0.15, 0.2) is 54.2 Å². The molecule has 0 fully saturated rings. The van der Waals surface area contributed by atoms with Gasteiger partial charge in [-0.05, 0) is 42.5 Å². The lowest BCUT2D eigenvalue weighted by atomic mass is 10.1. The molecule has 9 heteroatoms. The summed E-state index contributed by atoms with van der Waals surface area (Å²) >= 11 is 10.1. The van der Waals surface area contributed by atoms with Crippen LogP contribution >= 0.6 is 24.2 Å². The van der Waals surface area contributed by atoms with Crippen molar-refractivity contribution in [3.63, 3.8) is 0 Å². The lowest BCUT2D eigenvalue weighted by Crippen LogP contribution is -2.14. The van der Waals surface area contributed by atoms with Gasteiger partial charge in [-0.3, -0.25) is 0 Å². The zero-order valence-corrected chi connectivity index (χ0v) is 17.0. The summed E-state index contributed by atoms with van der Waals surface area (Å²) in [5.41, 5.74) is 13.6. The van der Waals surface area contributed by atoms with E-state index >= 15 is 0 Å². The first-order valence-electron chi connectivity index (χ1n) is 8.51. The Morgan fingerprint density at radius 2 is 2.11 bits per heavy atom. The van der Waals surface area contributed by atoms with Gasteiger partial charge in [0.25, 0.3) is 0 Å². The largest absolute Gasteiger partial charge is 0.478 e. The number of benzene rings is 1. The lowest BCUT2D eigenvalue weighted by Gasteiger charge is -2.14. The van der Waals surface area contributed by atoms with Gasteiger partial charge in [-0.25, -0.2) is 9.37 Å². The molecule has 150 valence electrons. The predicted molar refractivity (Wildman–Crippen MR) is 117 cm³/mol. The van der Waals surface area contributed by atoms with Crippen LogP contribution in [-0.4, -0.2) is 24.4 Å². The zero-order valence-electron chi connectivity index (χ0n) is 15.4. The van der Waals surface area contributed by atoms with Crippen molar-refractivity contribution in [2.75, 3.05) is 30.0 Å². The van der Waals surface area contributed by atoms with E-state index in [1.807, 2.05) is 0 Å². The number of allylic oxidation sites excluding steroid dienone is 1. The maximum atomic E-state index is 14.1. The Morgan fingerprint density at radius 1 is 1.32 bits per heavy atom. The molecule has 0 saturated carbocycles. The topological polar surface area (TPSA) is 98.2 Å². The molecule has 0 radical (unpaired) electrons. The van der Waals surface area contributed by atoms with Gasteiger partial charge in [0.1, 0.15) is 17.3 Å². The lowest BCUT2D eigenvalue weighted by molar-refractivity contribution is 0.208. The summed E-state index contributed by atoms with van der Waals surface area (Å²) < 4.78 is 19.7. The van der Waals surface area contributed by atoms with Crippen molar-refractivity contribution < 1.29 is 9.13 Å². The Kier molecular flexibility index (Phi) is 8.28. The normalized spacial score (nSPS) is 12.4. The van der Waals surface area contributed by atoms with E-state index in [-0.39, 0.29) is 17.1 Å². The highest BCUT2D eigenvalue weighted by Crippen LogP contribution is 2.22. The Hall–Kier alpha value is -2.58. The molecule has 0 spiro atoms. The van der Waals surface area contributed by atoms with Gasteiger partial charge in [-0.2, -0.15) is 12.6 Å². The van der Waals surface area contributed by atoms with Gasteiger partial charge in [0.05, 0.1) is 6.61 Å². The fourth-order valence-corrected chi connectivity index (χ4v) is 2.55. The molecule has 6 nitrogen and oxygen atoms in total. The highest BCUT2D eigenvalue weighted by atomic mass is 35.5. The van der Waals surface area contributed by atoms with Crippen molar-refractivity contribution in [3.8, 4) is 0 Å². The fraction of sp³-hybridized carbons (Fsp3) is 0.211. The molecular weight excluding hydrogens is 401 g/mol. The van der Waals surface area contributed by atoms with Gasteiger partial charge in [0, 0.05) is 41.3 Å². The Bertz CT molecular complexity index is 875. The number of hydrogen-bond acceptors (Lipinski definition) is 7. The predicted octanol–water partition coefficient (Wildman–Crippen LogP) is 3.79. The number of nitrogens with zero attached hydrogens (tertiary/aromatic N) is 1. The number of rotatable bonds is 9. The van der Waals surface area contributed by atoms with Crippen LogP contribution in [0.5, 0.6) is 0 Å². The van der Waals surface area contributed by atoms with E-state index in [0.717, 1.165) is 6.42 Å². The summed E-state index contributed by atoms with van der Waals surface area (Å²) in [5.74, 6) is 0.956. The van der Waals surface area contributed by atoms with Gasteiger partial charge in [0.2, 0.25) is 5.88 Å². The number of halogens is 2. The smallest absolute Gasteiger partial charge is 0.208 e. The zero-order chi connectivity index (χ0) is 20.5. The molecule has 0 aliphatic rings. The van der Waals surface area contributed by atoms with Crippen LogP contribution < -0.4 is 22.1 Å². The Morgan fingerprint density at radius 3 is 2.82 bits per heavy atom. The van der Waals surface area contributed by atoms with Gasteiger partial charge in [-0.15, -0.1) is 0 Å². The number of ether oxygens (including phenoxy) is 1. The van der Waals surface area contributed by atoms with E-state index in [1.165, 1.54) is 24.3 Å². The summed E-state index contributed by atoms with van der Waals surface area (Å²) in [7, 11) is 1.76. The van der Waals surface area contributed by atoms with Crippen molar-refractivity contribution in [2.24, 2.45) is 11.5 Å². The first-order chi connectivity index (χ1) is 13.4. The molecule has 0 aliphatic heterocycles. The third-order valence-corrected chi connectivity index (χ3v) is 4.21. The van der Waals surface area contributed by atoms with Crippen molar-refractivity contribution in [3.05, 3.63) is 70.6 Å². The number of hydrogen-bond donors (Lipinski definition) is 5. The number of nitrogens with one attached hydrogen (secondary N) is 2. The Labute approximate surface area is 174 Å². The van der Waals surface area contributed by atoms with Crippen molar-refractivity contribution >= 4 is 41.4 Å². The van der Waals surface area contributed by atoms with Crippen LogP contribution in [0, 0.1) is 5.82 Å². The van der Waals surface area contributed by atoms with E-state index in [4.69, 9.17) is 27.8 Å². The monoisotopic (exact) mass is 423 g/mol. The maximum absolute atomic E-state index is 14.1. The fourth-order valence-electron chi connectivity index (χ4n) is 2.25. The third-order valence-electron chi connectivity index (χ3n) is 3.66. The maximum Gasteiger partial charge on any atom is 0.208 e. The van der Waals surface area contributed by atoms with Gasteiger partial charge < -0.3 is 26.8 Å². The van der Waals surface area contributed by atoms with E-state index in [0.29, 0.717) is 34.6 Å². The molecule has 1 aromatic heterocycles. The highest BCUT2D eigenvalue weighted by molar-refractivity contribution is 7.80. The molecule has 28 heavy (non-hydrogen) atoms. The van der Waals surface area contributed by atoms with Crippen molar-refractivity contribution in [1.82, 2.24) is 4.98 Å². The van der Waals surface area contributed by atoms with E-state index in [1.54, 1.807) is 25.4 Å². The van der Waals surface area contributed by atoms with Crippen LogP contribution in [0.1, 0.15) is 12.0 Å². The van der Waals surface area contributed by atoms with E-state index in [2.05, 4.69) is 28.2 Å². The second kappa shape index (κ2) is 10.7. The minimum absolute atomic E-state index is 0.120. The molecule has 1 aromatic carbocycles. The van der Waals surface area contributed by atoms with Crippen LogP contribution in [0.3, 0.4) is 0 Å². The molecule has 0 saturated heterocycles. The number of thiol groups is 1. The minimum atomic E-state index is -0.492. The second-order valence-electron chi connectivity index (χ2n) is 5.73. The molecule has 0 bridgehead atoms. The van der Waals surface area contributed by atoms with Crippen molar-refractivity contribution in [1.29, 1.82) is 0 Å². The first-order valence-corrected chi connectivity index (χ1v) is 9.52. The first kappa shape index (κ1) is 21.7. The molecule has 1 heterocycles. The molecule has 6 N–H and O–H groups in total. The second-order valence-corrected chi connectivity index (χ2v) is 6.62. The van der Waals surface area contributed by atoms with Crippen LogP contribution in [0.4, 0.5) is 15.9 Å². The van der Waals surface area contributed by atoms with Crippen LogP contribution in [-0.2, 0) is 4.74 Å². The summed E-state index contributed by atoms with van der Waals surface area (Å²) in [6, 6.07) is 7.69. The molecule has 2 aromatic rings. The van der Waals surface area contributed by atoms with Crippen molar-refractivity contribution in [2.45, 2.75) is 6.42 Å². The molecule has 0 aliphatic carbocycles. The molecular formula is C19H23ClFN5OS. The van der Waals surface area contributed by atoms with Gasteiger partial charge in [-0.1, -0.05) is 11.6 Å². The molecule has 0 amide bonds. The highest BCUT2D eigenvalue weighted by Gasteiger charge is 2.10. The number of pyridine rings is 1. The minimum Gasteiger partial charge on any atom is -0.478 e. The standard InChI is InChI=1S/C19H23ClFN5OS/c1-24-18-10-13(5-6-25-18)26-17(19(23)27-7-2-8-28)11-16(22)14-9-12(20)3-4-15(14)21/h3-6,9-11,28H,2,7-8,22-23H2,1H3,(H2,24,25,26)/b16-11-,19-17-. The summed E-state index contributed by atoms with van der Waals surface area (Å²) in [6.07, 6.45) is 3.86. The van der Waals surface area contributed by atoms with Gasteiger partial charge in [0.15, 0.2) is 0 Å². The quantitative estimate of drug-likeness (QED) is 0.182. The number of anilines is 2. The number of aromatic nitrogens is 1. The summed E-state index contributed by atoms with van der Waals surface area (Å²) in [4.78, 5) is 4.16. The molecule has 0 unspecified atom stereocenters. The Balaban J connectivity index is 2.39.